The maximum absolute atomic E-state index is 10.1. The van der Waals surface area contributed by atoms with E-state index in [1.807, 2.05) is 12.1 Å². The molecule has 5 rings (SSSR count). The van der Waals surface area contributed by atoms with Crippen molar-refractivity contribution in [2.45, 2.75) is 38.5 Å². The highest BCUT2D eigenvalue weighted by atomic mass is 35.5. The van der Waals surface area contributed by atoms with E-state index >= 15 is 0 Å². The lowest BCUT2D eigenvalue weighted by molar-refractivity contribution is 0.0973. The third-order valence-corrected chi connectivity index (χ3v) is 8.27. The summed E-state index contributed by atoms with van der Waals surface area (Å²) >= 11 is 13.9. The Morgan fingerprint density at radius 1 is 1.33 bits per heavy atom. The van der Waals surface area contributed by atoms with Gasteiger partial charge in [0.05, 0.1) is 29.4 Å². The molecule has 4 heterocycles. The summed E-state index contributed by atoms with van der Waals surface area (Å²) in [7, 11) is 0. The van der Waals surface area contributed by atoms with Crippen molar-refractivity contribution in [1.82, 2.24) is 14.6 Å². The van der Waals surface area contributed by atoms with Gasteiger partial charge in [-0.2, -0.15) is 10.1 Å². The number of aromatic nitrogens is 3. The fraction of sp³-hybridized carbons (Fsp3) is 0.500. The van der Waals surface area contributed by atoms with Crippen LogP contribution in [0.25, 0.3) is 15.5 Å². The minimum absolute atomic E-state index is 0.0428. The van der Waals surface area contributed by atoms with Crippen molar-refractivity contribution in [3.05, 3.63) is 33.9 Å². The number of ether oxygens (including phenoxy) is 1. The second kappa shape index (κ2) is 7.62. The summed E-state index contributed by atoms with van der Waals surface area (Å²) in [6, 6.07) is 5.53. The van der Waals surface area contributed by atoms with Gasteiger partial charge in [-0.15, -0.1) is 0 Å². The van der Waals surface area contributed by atoms with Gasteiger partial charge in [-0.05, 0) is 25.8 Å². The van der Waals surface area contributed by atoms with Crippen LogP contribution in [0.15, 0.2) is 18.2 Å². The van der Waals surface area contributed by atoms with Gasteiger partial charge in [0.15, 0.2) is 5.82 Å². The first kappa shape index (κ1) is 20.5. The molecular weight excluding hydrogens is 445 g/mol. The van der Waals surface area contributed by atoms with Crippen LogP contribution in [0, 0.1) is 5.41 Å². The van der Waals surface area contributed by atoms with Gasteiger partial charge < -0.3 is 20.5 Å². The number of fused-ring (bicyclic) bond motifs is 1. The fourth-order valence-corrected chi connectivity index (χ4v) is 5.98. The average Bonchev–Trinajstić information content (AvgIpc) is 3.38. The van der Waals surface area contributed by atoms with E-state index in [-0.39, 0.29) is 24.2 Å². The molecule has 2 aliphatic heterocycles. The molecule has 160 valence electrons. The zero-order valence-corrected chi connectivity index (χ0v) is 18.8. The highest BCUT2D eigenvalue weighted by Gasteiger charge is 2.47. The van der Waals surface area contributed by atoms with Crippen LogP contribution in [-0.4, -0.2) is 51.5 Å². The first-order chi connectivity index (χ1) is 14.4. The number of imidazole rings is 1. The van der Waals surface area contributed by atoms with Crippen LogP contribution in [0.4, 0.5) is 5.82 Å². The maximum Gasteiger partial charge on any atom is 0.214 e. The summed E-state index contributed by atoms with van der Waals surface area (Å²) in [6.07, 6.45) is 2.00. The number of hydrogen-bond donors (Lipinski definition) is 2. The van der Waals surface area contributed by atoms with Crippen LogP contribution in [0.2, 0.25) is 10.0 Å². The predicted octanol–water partition coefficient (Wildman–Crippen LogP) is 3.59. The van der Waals surface area contributed by atoms with Crippen molar-refractivity contribution < 1.29 is 9.84 Å². The third-order valence-electron chi connectivity index (χ3n) is 6.51. The molecule has 1 aromatic carbocycles. The summed E-state index contributed by atoms with van der Waals surface area (Å²) in [4.78, 5) is 7.74. The Labute approximate surface area is 188 Å². The van der Waals surface area contributed by atoms with E-state index in [4.69, 9.17) is 38.7 Å². The standard InChI is InChI=1S/C20H23Cl2N5O2S/c1-11-16(23)20(10-29-11)5-7-26(8-6-20)17-14(9-28)27-19(24-17)30-18(25-27)12-3-2-4-13(21)15(12)22/h2-4,11,16,28H,5-10,23H2,1H3/t11-,16+/m0/s1. The molecule has 3 N–H and O–H groups in total. The molecule has 2 fully saturated rings. The van der Waals surface area contributed by atoms with Gasteiger partial charge in [0.25, 0.3) is 0 Å². The third kappa shape index (κ3) is 3.13. The van der Waals surface area contributed by atoms with Gasteiger partial charge in [0.1, 0.15) is 10.7 Å². The van der Waals surface area contributed by atoms with Gasteiger partial charge >= 0.3 is 0 Å². The molecule has 0 aliphatic carbocycles. The number of rotatable bonds is 3. The van der Waals surface area contributed by atoms with E-state index in [0.717, 1.165) is 48.9 Å². The Kier molecular flexibility index (Phi) is 5.20. The molecule has 2 saturated heterocycles. The minimum Gasteiger partial charge on any atom is -0.390 e. The number of piperidine rings is 1. The Bertz CT molecular complexity index is 1090. The summed E-state index contributed by atoms with van der Waals surface area (Å²) < 4.78 is 7.53. The van der Waals surface area contributed by atoms with E-state index in [1.165, 1.54) is 11.3 Å². The van der Waals surface area contributed by atoms with E-state index in [1.54, 1.807) is 10.6 Å². The molecule has 0 unspecified atom stereocenters. The Morgan fingerprint density at radius 2 is 2.10 bits per heavy atom. The first-order valence-electron chi connectivity index (χ1n) is 9.99. The van der Waals surface area contributed by atoms with Crippen LogP contribution in [0.3, 0.4) is 0 Å². The molecular formula is C20H23Cl2N5O2S. The largest absolute Gasteiger partial charge is 0.390 e. The predicted molar refractivity (Wildman–Crippen MR) is 120 cm³/mol. The number of aliphatic hydroxyl groups is 1. The lowest BCUT2D eigenvalue weighted by Gasteiger charge is -2.41. The highest BCUT2D eigenvalue weighted by Crippen LogP contribution is 2.43. The van der Waals surface area contributed by atoms with Crippen LogP contribution in [0.1, 0.15) is 25.5 Å². The number of halogens is 2. The fourth-order valence-electron chi connectivity index (χ4n) is 4.58. The molecule has 2 atom stereocenters. The number of nitrogens with two attached hydrogens (primary N) is 1. The summed E-state index contributed by atoms with van der Waals surface area (Å²) in [5, 5.41) is 16.4. The smallest absolute Gasteiger partial charge is 0.214 e. The number of benzene rings is 1. The van der Waals surface area contributed by atoms with Crippen molar-refractivity contribution in [3.8, 4) is 10.6 Å². The van der Waals surface area contributed by atoms with Crippen LogP contribution < -0.4 is 10.6 Å². The van der Waals surface area contributed by atoms with Crippen molar-refractivity contribution in [2.75, 3.05) is 24.6 Å². The Balaban J connectivity index is 1.44. The second-order valence-corrected chi connectivity index (χ2v) is 9.88. The molecule has 3 aromatic rings. The lowest BCUT2D eigenvalue weighted by atomic mass is 9.73. The number of anilines is 1. The van der Waals surface area contributed by atoms with Crippen LogP contribution >= 0.6 is 34.5 Å². The van der Waals surface area contributed by atoms with Gasteiger partial charge in [-0.3, -0.25) is 0 Å². The van der Waals surface area contributed by atoms with Crippen molar-refractivity contribution in [1.29, 1.82) is 0 Å². The monoisotopic (exact) mass is 467 g/mol. The molecule has 30 heavy (non-hydrogen) atoms. The topological polar surface area (TPSA) is 88.9 Å². The Hall–Kier alpha value is -1.42. The van der Waals surface area contributed by atoms with E-state index in [9.17, 15) is 5.11 Å². The Morgan fingerprint density at radius 3 is 2.77 bits per heavy atom. The van der Waals surface area contributed by atoms with Crippen LogP contribution in [0.5, 0.6) is 0 Å². The van der Waals surface area contributed by atoms with Crippen molar-refractivity contribution in [3.63, 3.8) is 0 Å². The molecule has 10 heteroatoms. The van der Waals surface area contributed by atoms with Gasteiger partial charge in [0, 0.05) is 30.1 Å². The molecule has 2 aromatic heterocycles. The molecule has 0 amide bonds. The maximum atomic E-state index is 10.1. The van der Waals surface area contributed by atoms with E-state index in [0.29, 0.717) is 20.7 Å². The quantitative estimate of drug-likeness (QED) is 0.611. The van der Waals surface area contributed by atoms with Crippen molar-refractivity contribution in [2.24, 2.45) is 11.1 Å². The second-order valence-electron chi connectivity index (χ2n) is 8.13. The van der Waals surface area contributed by atoms with E-state index in [2.05, 4.69) is 16.9 Å². The summed E-state index contributed by atoms with van der Waals surface area (Å²) in [5.74, 6) is 0.787. The van der Waals surface area contributed by atoms with E-state index < -0.39 is 0 Å². The normalized spacial score (nSPS) is 23.7. The van der Waals surface area contributed by atoms with Crippen LogP contribution in [-0.2, 0) is 11.3 Å². The molecule has 0 saturated carbocycles. The summed E-state index contributed by atoms with van der Waals surface area (Å²) in [5.41, 5.74) is 7.92. The summed E-state index contributed by atoms with van der Waals surface area (Å²) in [6.45, 7) is 4.28. The minimum atomic E-state index is -0.149. The molecule has 1 spiro atoms. The molecule has 0 radical (unpaired) electrons. The average molecular weight is 468 g/mol. The number of hydrogen-bond acceptors (Lipinski definition) is 7. The first-order valence-corrected chi connectivity index (χ1v) is 11.6. The highest BCUT2D eigenvalue weighted by molar-refractivity contribution is 7.20. The molecule has 2 aliphatic rings. The lowest BCUT2D eigenvalue weighted by Crippen LogP contribution is -2.50. The van der Waals surface area contributed by atoms with Gasteiger partial charge in [-0.25, -0.2) is 4.52 Å². The zero-order chi connectivity index (χ0) is 21.0. The molecule has 0 bridgehead atoms. The number of aliphatic hydroxyl groups excluding tert-OH is 1. The van der Waals surface area contributed by atoms with Gasteiger partial charge in [-0.1, -0.05) is 46.7 Å². The molecule has 7 nitrogen and oxygen atoms in total. The van der Waals surface area contributed by atoms with Crippen molar-refractivity contribution >= 4 is 45.3 Å². The SMILES string of the molecule is C[C@@H]1OCC2(CCN(c3nc4sc(-c5cccc(Cl)c5Cl)nn4c3CO)CC2)[C@@H]1N. The van der Waals surface area contributed by atoms with Gasteiger partial charge in [0.2, 0.25) is 4.96 Å². The zero-order valence-electron chi connectivity index (χ0n) is 16.5. The number of nitrogens with zero attached hydrogens (tertiary/aromatic N) is 4.